The normalized spacial score (nSPS) is 14.7. The Morgan fingerprint density at radius 1 is 1.06 bits per heavy atom. The van der Waals surface area contributed by atoms with Gasteiger partial charge in [0, 0.05) is 17.5 Å². The number of hydrogen-bond donors (Lipinski definition) is 2. The van der Waals surface area contributed by atoms with Gasteiger partial charge in [-0.25, -0.2) is 9.37 Å². The third-order valence-electron chi connectivity index (χ3n) is 6.32. The van der Waals surface area contributed by atoms with E-state index in [9.17, 15) is 19.4 Å². The molecule has 36 heavy (non-hydrogen) atoms. The Bertz CT molecular complexity index is 1260. The monoisotopic (exact) mass is 495 g/mol. The van der Waals surface area contributed by atoms with Crippen LogP contribution in [0.2, 0.25) is 0 Å². The van der Waals surface area contributed by atoms with Crippen molar-refractivity contribution in [2.24, 2.45) is 0 Å². The summed E-state index contributed by atoms with van der Waals surface area (Å²) in [4.78, 5) is 17.5. The molecule has 1 unspecified atom stereocenters. The van der Waals surface area contributed by atoms with Gasteiger partial charge in [-0.2, -0.15) is 0 Å². The number of ether oxygens (including phenoxy) is 3. The summed E-state index contributed by atoms with van der Waals surface area (Å²) in [5.74, 6) is 0.932. The fourth-order valence-electron chi connectivity index (χ4n) is 3.93. The van der Waals surface area contributed by atoms with Gasteiger partial charge >= 0.3 is 0 Å². The maximum Gasteiger partial charge on any atom is 0.163 e. The van der Waals surface area contributed by atoms with Crippen molar-refractivity contribution in [2.45, 2.75) is 44.3 Å². The fraction of sp³-hybridized carbons (Fsp3) is 0.357. The van der Waals surface area contributed by atoms with E-state index in [2.05, 4.69) is 4.98 Å². The van der Waals surface area contributed by atoms with Gasteiger partial charge in [-0.05, 0) is 80.3 Å². The summed E-state index contributed by atoms with van der Waals surface area (Å²) in [6.45, 7) is 1.00. The molecule has 8 heteroatoms. The predicted octanol–water partition coefficient (Wildman–Crippen LogP) is 4.60. The molecule has 1 atom stereocenters. The Balaban J connectivity index is 1.55. The highest BCUT2D eigenvalue weighted by molar-refractivity contribution is 5.96. The first-order chi connectivity index (χ1) is 17.3. The number of halogens is 1. The van der Waals surface area contributed by atoms with Crippen LogP contribution < -0.4 is 14.2 Å². The van der Waals surface area contributed by atoms with E-state index in [1.54, 1.807) is 49.4 Å². The van der Waals surface area contributed by atoms with E-state index in [1.165, 1.54) is 20.3 Å². The molecule has 0 aliphatic heterocycles. The van der Waals surface area contributed by atoms with Crippen molar-refractivity contribution < 1.29 is 33.6 Å². The Kier molecular flexibility index (Phi) is 7.56. The molecule has 0 saturated heterocycles. The average Bonchev–Trinajstić information content (AvgIpc) is 3.72. The SMILES string of the molecule is COc1cc(C(=O)CCC(O)(CO)c2ccc(OC)c(-c3ccc(F)c(C)c3)n2)ccc1OC1CC1. The lowest BCUT2D eigenvalue weighted by atomic mass is 9.91. The number of nitrogens with zero attached hydrogens (tertiary/aromatic N) is 1. The van der Waals surface area contributed by atoms with Crippen LogP contribution >= 0.6 is 0 Å². The highest BCUT2D eigenvalue weighted by atomic mass is 19.1. The van der Waals surface area contributed by atoms with E-state index in [-0.39, 0.29) is 36.2 Å². The Labute approximate surface area is 209 Å². The summed E-state index contributed by atoms with van der Waals surface area (Å²) in [5.41, 5.74) is 0.262. The van der Waals surface area contributed by atoms with Gasteiger partial charge in [-0.1, -0.05) is 0 Å². The first kappa shape index (κ1) is 25.6. The molecule has 2 N–H and O–H groups in total. The number of rotatable bonds is 11. The number of ketones is 1. The average molecular weight is 496 g/mol. The first-order valence-electron chi connectivity index (χ1n) is 11.8. The summed E-state index contributed by atoms with van der Waals surface area (Å²) >= 11 is 0. The molecule has 190 valence electrons. The molecule has 4 rings (SSSR count). The number of aryl methyl sites for hydroxylation is 1. The largest absolute Gasteiger partial charge is 0.494 e. The lowest BCUT2D eigenvalue weighted by Crippen LogP contribution is -2.32. The van der Waals surface area contributed by atoms with Crippen LogP contribution in [0.4, 0.5) is 4.39 Å². The number of aliphatic hydroxyl groups excluding tert-OH is 1. The van der Waals surface area contributed by atoms with Crippen LogP contribution in [0.1, 0.15) is 47.3 Å². The number of aromatic nitrogens is 1. The molecule has 3 aromatic rings. The third-order valence-corrected chi connectivity index (χ3v) is 6.32. The molecule has 1 fully saturated rings. The van der Waals surface area contributed by atoms with Crippen molar-refractivity contribution in [1.82, 2.24) is 4.98 Å². The molecule has 1 heterocycles. The lowest BCUT2D eigenvalue weighted by Gasteiger charge is -2.26. The maximum atomic E-state index is 13.8. The minimum absolute atomic E-state index is 0.0399. The smallest absolute Gasteiger partial charge is 0.163 e. The van der Waals surface area contributed by atoms with Gasteiger partial charge < -0.3 is 24.4 Å². The standard InChI is InChI=1S/C28H30FNO6/c1-17-14-19(4-8-21(17)29)27-24(34-2)10-11-26(30-27)28(33,16-31)13-12-22(32)18-5-9-23(25(15-18)35-3)36-20-6-7-20/h4-5,8-11,14-15,20,31,33H,6-7,12-13,16H2,1-3H3. The van der Waals surface area contributed by atoms with Crippen LogP contribution in [0.15, 0.2) is 48.5 Å². The zero-order valence-electron chi connectivity index (χ0n) is 20.6. The van der Waals surface area contributed by atoms with Gasteiger partial charge in [0.15, 0.2) is 17.3 Å². The molecule has 0 amide bonds. The van der Waals surface area contributed by atoms with Gasteiger partial charge in [-0.3, -0.25) is 4.79 Å². The number of pyridine rings is 1. The second-order valence-corrected chi connectivity index (χ2v) is 9.01. The van der Waals surface area contributed by atoms with Gasteiger partial charge in [0.1, 0.15) is 22.9 Å². The molecule has 2 aromatic carbocycles. The van der Waals surface area contributed by atoms with Crippen LogP contribution in [0.3, 0.4) is 0 Å². The van der Waals surface area contributed by atoms with Crippen molar-refractivity contribution in [2.75, 3.05) is 20.8 Å². The molecular weight excluding hydrogens is 465 g/mol. The molecule has 0 spiro atoms. The van der Waals surface area contributed by atoms with E-state index in [0.29, 0.717) is 39.6 Å². The van der Waals surface area contributed by atoms with Gasteiger partial charge in [0.05, 0.1) is 32.6 Å². The number of hydrogen-bond acceptors (Lipinski definition) is 7. The van der Waals surface area contributed by atoms with E-state index in [1.807, 2.05) is 0 Å². The minimum Gasteiger partial charge on any atom is -0.494 e. The Morgan fingerprint density at radius 2 is 1.78 bits per heavy atom. The fourth-order valence-corrected chi connectivity index (χ4v) is 3.93. The van der Waals surface area contributed by atoms with Gasteiger partial charge in [0.25, 0.3) is 0 Å². The second kappa shape index (κ2) is 10.6. The van der Waals surface area contributed by atoms with E-state index >= 15 is 0 Å². The topological polar surface area (TPSA) is 98.1 Å². The predicted molar refractivity (Wildman–Crippen MR) is 132 cm³/mol. The maximum absolute atomic E-state index is 13.8. The first-order valence-corrected chi connectivity index (χ1v) is 11.8. The van der Waals surface area contributed by atoms with Crippen LogP contribution in [-0.2, 0) is 5.60 Å². The lowest BCUT2D eigenvalue weighted by molar-refractivity contribution is -0.0298. The number of aliphatic hydroxyl groups is 2. The van der Waals surface area contributed by atoms with E-state index in [4.69, 9.17) is 14.2 Å². The third kappa shape index (κ3) is 5.50. The molecule has 0 bridgehead atoms. The highest BCUT2D eigenvalue weighted by Crippen LogP contribution is 2.36. The minimum atomic E-state index is -1.77. The zero-order valence-corrected chi connectivity index (χ0v) is 20.6. The van der Waals surface area contributed by atoms with Crippen molar-refractivity contribution >= 4 is 5.78 Å². The Morgan fingerprint density at radius 3 is 2.42 bits per heavy atom. The number of benzene rings is 2. The summed E-state index contributed by atoms with van der Waals surface area (Å²) in [6, 6.07) is 12.7. The Hall–Kier alpha value is -3.49. The number of carbonyl (C=O) groups excluding carboxylic acids is 1. The number of carbonyl (C=O) groups is 1. The summed E-state index contributed by atoms with van der Waals surface area (Å²) < 4.78 is 30.4. The van der Waals surface area contributed by atoms with E-state index in [0.717, 1.165) is 12.8 Å². The zero-order chi connectivity index (χ0) is 25.9. The van der Waals surface area contributed by atoms with Crippen LogP contribution in [-0.4, -0.2) is 47.9 Å². The summed E-state index contributed by atoms with van der Waals surface area (Å²) in [5, 5.41) is 21.3. The molecule has 1 saturated carbocycles. The van der Waals surface area contributed by atoms with E-state index < -0.39 is 12.2 Å². The van der Waals surface area contributed by atoms with Gasteiger partial charge in [-0.15, -0.1) is 0 Å². The van der Waals surface area contributed by atoms with Crippen molar-refractivity contribution in [3.63, 3.8) is 0 Å². The number of methoxy groups -OCH3 is 2. The molecule has 0 radical (unpaired) electrons. The molecule has 1 aliphatic rings. The molecular formula is C28H30FNO6. The van der Waals surface area contributed by atoms with Crippen molar-refractivity contribution in [3.8, 4) is 28.5 Å². The van der Waals surface area contributed by atoms with Crippen molar-refractivity contribution in [3.05, 3.63) is 71.2 Å². The molecule has 7 nitrogen and oxygen atoms in total. The van der Waals surface area contributed by atoms with Gasteiger partial charge in [0.2, 0.25) is 0 Å². The van der Waals surface area contributed by atoms with Crippen molar-refractivity contribution in [1.29, 1.82) is 0 Å². The highest BCUT2D eigenvalue weighted by Gasteiger charge is 2.32. The van der Waals surface area contributed by atoms with Crippen LogP contribution in [0.25, 0.3) is 11.3 Å². The van der Waals surface area contributed by atoms with Crippen LogP contribution in [0.5, 0.6) is 17.2 Å². The molecule has 1 aliphatic carbocycles. The number of Topliss-reactive ketones (excluding diaryl/α,β-unsaturated/α-hetero) is 1. The quantitative estimate of drug-likeness (QED) is 0.375. The second-order valence-electron chi connectivity index (χ2n) is 9.01. The van der Waals surface area contributed by atoms with Crippen LogP contribution in [0, 0.1) is 12.7 Å². The summed E-state index contributed by atoms with van der Waals surface area (Å²) in [6.07, 6.45) is 2.10. The molecule has 1 aromatic heterocycles. The summed E-state index contributed by atoms with van der Waals surface area (Å²) in [7, 11) is 3.01.